The van der Waals surface area contributed by atoms with E-state index in [2.05, 4.69) is 19.7 Å². The molecular formula is C20H26O6. The van der Waals surface area contributed by atoms with Crippen molar-refractivity contribution < 1.29 is 29.3 Å². The van der Waals surface area contributed by atoms with Gasteiger partial charge < -0.3 is 19.7 Å². The molecule has 142 valence electrons. The van der Waals surface area contributed by atoms with Gasteiger partial charge in [-0.05, 0) is 26.2 Å². The number of fused-ring (bicyclic) bond motifs is 3. The third kappa shape index (κ3) is 2.72. The molecule has 1 heterocycles. The SMILES string of the molecule is C=C1C(=O)O[C@H]2[C@H]1[C@H](OC(=O)C(=C)[C@@H](C)O)C[C@@]1(C)[C@H](O)CCC(=C)[C@H]21. The maximum absolute atomic E-state index is 12.3. The number of aliphatic hydroxyl groups is 2. The Labute approximate surface area is 153 Å². The van der Waals surface area contributed by atoms with Crippen LogP contribution in [-0.2, 0) is 19.1 Å². The van der Waals surface area contributed by atoms with Crippen LogP contribution in [0.1, 0.15) is 33.1 Å². The van der Waals surface area contributed by atoms with Crippen LogP contribution >= 0.6 is 0 Å². The van der Waals surface area contributed by atoms with Gasteiger partial charge in [-0.2, -0.15) is 0 Å². The maximum atomic E-state index is 12.3. The molecule has 2 saturated carbocycles. The van der Waals surface area contributed by atoms with Crippen LogP contribution in [-0.4, -0.2) is 46.6 Å². The summed E-state index contributed by atoms with van der Waals surface area (Å²) in [6.07, 6.45) is -1.31. The minimum Gasteiger partial charge on any atom is -0.458 e. The highest BCUT2D eigenvalue weighted by atomic mass is 16.6. The van der Waals surface area contributed by atoms with Gasteiger partial charge in [0.25, 0.3) is 0 Å². The lowest BCUT2D eigenvalue weighted by molar-refractivity contribution is -0.176. The average molecular weight is 362 g/mol. The monoisotopic (exact) mass is 362 g/mol. The summed E-state index contributed by atoms with van der Waals surface area (Å²) >= 11 is 0. The summed E-state index contributed by atoms with van der Waals surface area (Å²) in [6.45, 7) is 14.9. The van der Waals surface area contributed by atoms with Crippen molar-refractivity contribution in [2.24, 2.45) is 17.3 Å². The first kappa shape index (κ1) is 18.9. The Hall–Kier alpha value is -1.92. The third-order valence-electron chi connectivity index (χ3n) is 6.31. The van der Waals surface area contributed by atoms with E-state index in [-0.39, 0.29) is 17.1 Å². The van der Waals surface area contributed by atoms with Gasteiger partial charge in [0.1, 0.15) is 12.2 Å². The van der Waals surface area contributed by atoms with Crippen LogP contribution in [0.2, 0.25) is 0 Å². The summed E-state index contributed by atoms with van der Waals surface area (Å²) in [7, 11) is 0. The fraction of sp³-hybridized carbons (Fsp3) is 0.600. The highest BCUT2D eigenvalue weighted by molar-refractivity contribution is 5.92. The van der Waals surface area contributed by atoms with Crippen LogP contribution in [0.15, 0.2) is 36.5 Å². The van der Waals surface area contributed by atoms with E-state index < -0.39 is 47.7 Å². The van der Waals surface area contributed by atoms with Gasteiger partial charge in [0.2, 0.25) is 0 Å². The zero-order valence-corrected chi connectivity index (χ0v) is 15.2. The summed E-state index contributed by atoms with van der Waals surface area (Å²) in [4.78, 5) is 24.5. The van der Waals surface area contributed by atoms with Crippen molar-refractivity contribution in [1.29, 1.82) is 0 Å². The molecule has 0 aromatic heterocycles. The van der Waals surface area contributed by atoms with E-state index in [0.29, 0.717) is 19.3 Å². The maximum Gasteiger partial charge on any atom is 0.336 e. The minimum atomic E-state index is -1.03. The first-order chi connectivity index (χ1) is 12.1. The Morgan fingerprint density at radius 1 is 1.42 bits per heavy atom. The first-order valence-corrected chi connectivity index (χ1v) is 8.91. The molecule has 0 aromatic rings. The summed E-state index contributed by atoms with van der Waals surface area (Å²) in [5.74, 6) is -1.93. The van der Waals surface area contributed by atoms with Crippen LogP contribution in [0.4, 0.5) is 0 Å². The van der Waals surface area contributed by atoms with E-state index in [4.69, 9.17) is 9.47 Å². The number of aliphatic hydroxyl groups excluding tert-OH is 2. The molecule has 3 fully saturated rings. The molecule has 0 bridgehead atoms. The lowest BCUT2D eigenvalue weighted by Crippen LogP contribution is -2.58. The van der Waals surface area contributed by atoms with Crippen molar-refractivity contribution in [3.63, 3.8) is 0 Å². The number of carbonyl (C=O) groups excluding carboxylic acids is 2. The molecule has 6 heteroatoms. The molecule has 7 atom stereocenters. The minimum absolute atomic E-state index is 0.0571. The number of hydrogen-bond acceptors (Lipinski definition) is 6. The number of carbonyl (C=O) groups is 2. The van der Waals surface area contributed by atoms with Crippen LogP contribution < -0.4 is 0 Å². The Balaban J connectivity index is 1.96. The molecular weight excluding hydrogens is 336 g/mol. The highest BCUT2D eigenvalue weighted by Crippen LogP contribution is 2.57. The average Bonchev–Trinajstić information content (AvgIpc) is 2.85. The number of rotatable bonds is 3. The van der Waals surface area contributed by atoms with E-state index in [1.54, 1.807) is 0 Å². The molecule has 0 aromatic carbocycles. The Morgan fingerprint density at radius 3 is 2.69 bits per heavy atom. The normalized spacial score (nSPS) is 40.3. The van der Waals surface area contributed by atoms with Gasteiger partial charge in [0, 0.05) is 16.9 Å². The van der Waals surface area contributed by atoms with Crippen LogP contribution in [0, 0.1) is 17.3 Å². The summed E-state index contributed by atoms with van der Waals surface area (Å²) in [5.41, 5.74) is 0.524. The summed E-state index contributed by atoms with van der Waals surface area (Å²) in [5, 5.41) is 20.2. The zero-order valence-electron chi connectivity index (χ0n) is 15.2. The molecule has 3 aliphatic rings. The molecule has 0 unspecified atom stereocenters. The topological polar surface area (TPSA) is 93.1 Å². The fourth-order valence-electron chi connectivity index (χ4n) is 4.73. The summed E-state index contributed by atoms with van der Waals surface area (Å²) < 4.78 is 11.2. The summed E-state index contributed by atoms with van der Waals surface area (Å²) in [6, 6.07) is 0. The number of ether oxygens (including phenoxy) is 2. The van der Waals surface area contributed by atoms with E-state index in [0.717, 1.165) is 5.57 Å². The molecule has 26 heavy (non-hydrogen) atoms. The molecule has 1 saturated heterocycles. The predicted octanol–water partition coefficient (Wildman–Crippen LogP) is 1.67. The molecule has 1 aliphatic heterocycles. The van der Waals surface area contributed by atoms with Crippen LogP contribution in [0.25, 0.3) is 0 Å². The molecule has 3 rings (SSSR count). The van der Waals surface area contributed by atoms with Gasteiger partial charge in [0.05, 0.1) is 23.7 Å². The first-order valence-electron chi connectivity index (χ1n) is 8.91. The molecule has 0 spiro atoms. The zero-order chi connectivity index (χ0) is 19.4. The molecule has 6 nitrogen and oxygen atoms in total. The van der Waals surface area contributed by atoms with Crippen LogP contribution in [0.5, 0.6) is 0 Å². The predicted molar refractivity (Wildman–Crippen MR) is 93.8 cm³/mol. The van der Waals surface area contributed by atoms with Crippen molar-refractivity contribution in [3.8, 4) is 0 Å². The highest BCUT2D eigenvalue weighted by Gasteiger charge is 2.62. The second-order valence-corrected chi connectivity index (χ2v) is 7.97. The van der Waals surface area contributed by atoms with Gasteiger partial charge in [-0.15, -0.1) is 0 Å². The van der Waals surface area contributed by atoms with Crippen molar-refractivity contribution in [1.82, 2.24) is 0 Å². The van der Waals surface area contributed by atoms with Gasteiger partial charge in [-0.1, -0.05) is 32.2 Å². The van der Waals surface area contributed by atoms with E-state index in [1.807, 2.05) is 6.92 Å². The van der Waals surface area contributed by atoms with E-state index in [9.17, 15) is 19.8 Å². The van der Waals surface area contributed by atoms with Crippen molar-refractivity contribution in [3.05, 3.63) is 36.5 Å². The van der Waals surface area contributed by atoms with E-state index >= 15 is 0 Å². The molecule has 0 radical (unpaired) electrons. The molecule has 2 aliphatic carbocycles. The van der Waals surface area contributed by atoms with Crippen LogP contribution in [0.3, 0.4) is 0 Å². The Kier molecular flexibility index (Phi) is 4.61. The van der Waals surface area contributed by atoms with Gasteiger partial charge in [-0.3, -0.25) is 0 Å². The molecule has 0 amide bonds. The quantitative estimate of drug-likeness (QED) is 0.451. The van der Waals surface area contributed by atoms with Crippen molar-refractivity contribution in [2.45, 2.75) is 57.5 Å². The lowest BCUT2D eigenvalue weighted by Gasteiger charge is -2.54. The largest absolute Gasteiger partial charge is 0.458 e. The molecule has 2 N–H and O–H groups in total. The second-order valence-electron chi connectivity index (χ2n) is 7.97. The lowest BCUT2D eigenvalue weighted by atomic mass is 9.53. The Bertz CT molecular complexity index is 692. The van der Waals surface area contributed by atoms with Gasteiger partial charge >= 0.3 is 11.9 Å². The third-order valence-corrected chi connectivity index (χ3v) is 6.31. The van der Waals surface area contributed by atoms with E-state index in [1.165, 1.54) is 6.92 Å². The van der Waals surface area contributed by atoms with Gasteiger partial charge in [-0.25, -0.2) is 9.59 Å². The Morgan fingerprint density at radius 2 is 2.08 bits per heavy atom. The van der Waals surface area contributed by atoms with Gasteiger partial charge in [0.15, 0.2) is 0 Å². The second kappa shape index (κ2) is 6.35. The smallest absolute Gasteiger partial charge is 0.336 e. The van der Waals surface area contributed by atoms with Crippen molar-refractivity contribution >= 4 is 11.9 Å². The number of esters is 2. The standard InChI is InChI=1S/C20H26O6/c1-9-6-7-14(22)20(5)8-13(25-18(23)10(2)12(4)21)15-11(3)19(24)26-17(15)16(9)20/h12-17,21-22H,1-3,6-8H2,4-5H3/t12-,13-,14-,15-,16-,17+,20+/m1/s1. The fourth-order valence-corrected chi connectivity index (χ4v) is 4.73. The van der Waals surface area contributed by atoms with Crippen molar-refractivity contribution in [2.75, 3.05) is 0 Å². The number of hydrogen-bond donors (Lipinski definition) is 2.